The summed E-state index contributed by atoms with van der Waals surface area (Å²) in [6.07, 6.45) is 0. The van der Waals surface area contributed by atoms with Crippen molar-refractivity contribution in [1.29, 1.82) is 0 Å². The van der Waals surface area contributed by atoms with Crippen LogP contribution in [0.5, 0.6) is 0 Å². The normalized spacial score (nSPS) is 14.0. The number of thiazole rings is 1. The Morgan fingerprint density at radius 3 is 2.68 bits per heavy atom. The molecule has 1 amide bonds. The summed E-state index contributed by atoms with van der Waals surface area (Å²) in [5.74, 6) is -0.763. The third kappa shape index (κ3) is 3.61. The van der Waals surface area contributed by atoms with Gasteiger partial charge in [0.1, 0.15) is 5.69 Å². The summed E-state index contributed by atoms with van der Waals surface area (Å²) in [4.78, 5) is 21.4. The lowest BCUT2D eigenvalue weighted by atomic mass is 10.2. The molecule has 0 bridgehead atoms. The summed E-state index contributed by atoms with van der Waals surface area (Å²) in [5, 5.41) is 21.3. The van der Waals surface area contributed by atoms with Gasteiger partial charge in [-0.25, -0.2) is 9.99 Å². The first-order valence-corrected chi connectivity index (χ1v) is 9.19. The third-order valence-corrected chi connectivity index (χ3v) is 4.66. The average Bonchev–Trinajstić information content (AvgIpc) is 3.33. The van der Waals surface area contributed by atoms with Crippen LogP contribution in [0.1, 0.15) is 21.6 Å². The molecule has 28 heavy (non-hydrogen) atoms. The second-order valence-corrected chi connectivity index (χ2v) is 6.74. The lowest BCUT2D eigenvalue weighted by Gasteiger charge is -2.17. The molecule has 8 nitrogen and oxygen atoms in total. The highest BCUT2D eigenvalue weighted by atomic mass is 32.1. The van der Waals surface area contributed by atoms with Crippen molar-refractivity contribution in [1.82, 2.24) is 10.6 Å². The van der Waals surface area contributed by atoms with E-state index in [1.807, 2.05) is 37.3 Å². The number of carbonyl (C=O) groups is 1. The van der Waals surface area contributed by atoms with Gasteiger partial charge in [0.15, 0.2) is 5.70 Å². The Morgan fingerprint density at radius 1 is 1.18 bits per heavy atom. The molecular formula is C19H15N5O3S. The minimum Gasteiger partial charge on any atom is -0.478 e. The van der Waals surface area contributed by atoms with Crippen LogP contribution >= 0.6 is 11.3 Å². The molecule has 4 rings (SSSR count). The number of hydrogen-bond donors (Lipinski definition) is 2. The van der Waals surface area contributed by atoms with Crippen LogP contribution in [0.15, 0.2) is 76.2 Å². The van der Waals surface area contributed by atoms with Gasteiger partial charge in [0.25, 0.3) is 5.91 Å². The molecule has 9 heteroatoms. The molecule has 140 valence electrons. The van der Waals surface area contributed by atoms with Crippen LogP contribution in [-0.2, 0) is 4.84 Å². The van der Waals surface area contributed by atoms with Crippen molar-refractivity contribution >= 4 is 33.8 Å². The van der Waals surface area contributed by atoms with E-state index in [0.29, 0.717) is 17.0 Å². The van der Waals surface area contributed by atoms with Gasteiger partial charge >= 0.3 is 5.95 Å². The fourth-order valence-electron chi connectivity index (χ4n) is 2.52. The van der Waals surface area contributed by atoms with E-state index < -0.39 is 5.91 Å². The molecule has 0 saturated heterocycles. The molecule has 1 aliphatic rings. The molecule has 3 aromatic rings. The zero-order valence-corrected chi connectivity index (χ0v) is 15.6. The van der Waals surface area contributed by atoms with Crippen molar-refractivity contribution in [2.45, 2.75) is 6.92 Å². The van der Waals surface area contributed by atoms with Gasteiger partial charge in [-0.05, 0) is 31.2 Å². The van der Waals surface area contributed by atoms with E-state index in [2.05, 4.69) is 20.8 Å². The third-order valence-electron chi connectivity index (χ3n) is 3.93. The van der Waals surface area contributed by atoms with E-state index in [-0.39, 0.29) is 11.1 Å². The highest BCUT2D eigenvalue weighted by molar-refractivity contribution is 7.13. The summed E-state index contributed by atoms with van der Waals surface area (Å²) in [6, 6.07) is 16.3. The van der Waals surface area contributed by atoms with Crippen molar-refractivity contribution < 1.29 is 14.7 Å². The van der Waals surface area contributed by atoms with Crippen molar-refractivity contribution in [2.75, 3.05) is 5.01 Å². The molecule has 2 N–H and O–H groups in total. The molecule has 0 radical (unpaired) electrons. The molecule has 0 unspecified atom stereocenters. The predicted molar refractivity (Wildman–Crippen MR) is 105 cm³/mol. The molecule has 2 aromatic carbocycles. The Morgan fingerprint density at radius 2 is 1.93 bits per heavy atom. The first-order valence-electron chi connectivity index (χ1n) is 8.31. The van der Waals surface area contributed by atoms with E-state index in [1.165, 1.54) is 11.3 Å². The minimum atomic E-state index is -0.452. The maximum Gasteiger partial charge on any atom is 0.327 e. The molecule has 0 fully saturated rings. The maximum atomic E-state index is 12.0. The van der Waals surface area contributed by atoms with Crippen LogP contribution in [0.4, 0.5) is 10.8 Å². The number of anilines is 1. The summed E-state index contributed by atoms with van der Waals surface area (Å²) in [5.41, 5.74) is 5.74. The van der Waals surface area contributed by atoms with Crippen molar-refractivity contribution in [3.63, 3.8) is 0 Å². The van der Waals surface area contributed by atoms with E-state index in [1.54, 1.807) is 34.7 Å². The Bertz CT molecular complexity index is 1060. The van der Waals surface area contributed by atoms with Gasteiger partial charge in [-0.1, -0.05) is 41.5 Å². The number of benzene rings is 2. The monoisotopic (exact) mass is 393 g/mol. The number of aliphatic hydroxyl groups is 1. The van der Waals surface area contributed by atoms with E-state index in [0.717, 1.165) is 11.3 Å². The van der Waals surface area contributed by atoms with Crippen LogP contribution in [-0.4, -0.2) is 16.0 Å². The number of rotatable bonds is 4. The van der Waals surface area contributed by atoms with Crippen LogP contribution in [0.3, 0.4) is 0 Å². The SMILES string of the molecule is Cc1ccc(N2NOC(O)=C2c2csc(N=NC(=O)c3ccccc3)n2)cc1. The van der Waals surface area contributed by atoms with Crippen molar-refractivity contribution in [2.24, 2.45) is 10.2 Å². The summed E-state index contributed by atoms with van der Waals surface area (Å²) in [7, 11) is 0. The van der Waals surface area contributed by atoms with E-state index in [9.17, 15) is 9.90 Å². The fraction of sp³-hybridized carbons (Fsp3) is 0.0526. The number of carbonyl (C=O) groups excluding carboxylic acids is 1. The Kier molecular flexibility index (Phi) is 4.83. The van der Waals surface area contributed by atoms with E-state index in [4.69, 9.17) is 4.84 Å². The van der Waals surface area contributed by atoms with E-state index >= 15 is 0 Å². The Balaban J connectivity index is 1.56. The zero-order valence-electron chi connectivity index (χ0n) is 14.7. The molecule has 1 aromatic heterocycles. The first kappa shape index (κ1) is 17.8. The quantitative estimate of drug-likeness (QED) is 0.633. The second-order valence-electron chi connectivity index (χ2n) is 5.90. The second kappa shape index (κ2) is 7.59. The van der Waals surface area contributed by atoms with Gasteiger partial charge in [0.05, 0.1) is 5.69 Å². The standard InChI is InChI=1S/C19H15N5O3S/c1-12-7-9-14(10-8-12)24-16(18(26)27-23-24)15-11-28-19(20-15)22-21-17(25)13-5-3-2-4-6-13/h2-11,23,26H,1H3. The van der Waals surface area contributed by atoms with Gasteiger partial charge in [0.2, 0.25) is 5.13 Å². The maximum absolute atomic E-state index is 12.0. The molecule has 0 aliphatic carbocycles. The smallest absolute Gasteiger partial charge is 0.327 e. The van der Waals surface area contributed by atoms with Crippen LogP contribution in [0, 0.1) is 6.92 Å². The molecule has 0 saturated carbocycles. The lowest BCUT2D eigenvalue weighted by Crippen LogP contribution is -2.30. The van der Waals surface area contributed by atoms with Gasteiger partial charge < -0.3 is 9.94 Å². The number of aliphatic hydroxyl groups excluding tert-OH is 1. The molecule has 0 spiro atoms. The number of hydrazine groups is 1. The Hall–Kier alpha value is -3.56. The van der Waals surface area contributed by atoms with Gasteiger partial charge in [-0.2, -0.15) is 0 Å². The lowest BCUT2D eigenvalue weighted by molar-refractivity contribution is 0.0461. The number of nitrogens with one attached hydrogen (secondary N) is 1. The van der Waals surface area contributed by atoms with Crippen LogP contribution in [0.2, 0.25) is 0 Å². The molecular weight excluding hydrogens is 378 g/mol. The highest BCUT2D eigenvalue weighted by Gasteiger charge is 2.29. The minimum absolute atomic E-state index is 0.287. The van der Waals surface area contributed by atoms with Gasteiger partial charge in [0, 0.05) is 10.9 Å². The van der Waals surface area contributed by atoms with Crippen LogP contribution in [0.25, 0.3) is 5.70 Å². The zero-order chi connectivity index (χ0) is 19.5. The summed E-state index contributed by atoms with van der Waals surface area (Å²) in [6.45, 7) is 1.99. The fourth-order valence-corrected chi connectivity index (χ4v) is 3.14. The highest BCUT2D eigenvalue weighted by Crippen LogP contribution is 2.33. The average molecular weight is 393 g/mol. The van der Waals surface area contributed by atoms with Crippen LogP contribution < -0.4 is 10.6 Å². The summed E-state index contributed by atoms with van der Waals surface area (Å²) >= 11 is 1.20. The molecule has 1 aliphatic heterocycles. The molecule has 2 heterocycles. The molecule has 0 atom stereocenters. The van der Waals surface area contributed by atoms with Crippen molar-refractivity contribution in [3.05, 3.63) is 82.7 Å². The topological polar surface area (TPSA) is 99.4 Å². The Labute approximate surface area is 164 Å². The number of aryl methyl sites for hydroxylation is 1. The largest absolute Gasteiger partial charge is 0.478 e. The number of nitrogens with zero attached hydrogens (tertiary/aromatic N) is 4. The first-order chi connectivity index (χ1) is 13.6. The number of azo groups is 1. The number of aromatic nitrogens is 1. The number of hydrogen-bond acceptors (Lipinski definition) is 8. The van der Waals surface area contributed by atoms with Gasteiger partial charge in [-0.3, -0.25) is 4.79 Å². The van der Waals surface area contributed by atoms with Crippen molar-refractivity contribution in [3.8, 4) is 0 Å². The number of amides is 1. The predicted octanol–water partition coefficient (Wildman–Crippen LogP) is 4.52. The van der Waals surface area contributed by atoms with Gasteiger partial charge in [-0.15, -0.1) is 21.6 Å². The summed E-state index contributed by atoms with van der Waals surface area (Å²) < 4.78 is 0.